The predicted molar refractivity (Wildman–Crippen MR) is 99.7 cm³/mol. The third-order valence-corrected chi connectivity index (χ3v) is 4.00. The number of anilines is 2. The summed E-state index contributed by atoms with van der Waals surface area (Å²) in [5, 5.41) is 2.90. The Kier molecular flexibility index (Phi) is 6.50. The number of hydrogen-bond acceptors (Lipinski definition) is 3. The molecule has 3 N–H and O–H groups in total. The molecular formula is C19H23ClN2O2. The van der Waals surface area contributed by atoms with Crippen molar-refractivity contribution >= 4 is 29.7 Å². The number of aryl methyl sites for hydroxylation is 1. The average molecular weight is 347 g/mol. The van der Waals surface area contributed by atoms with Crippen LogP contribution in [0.15, 0.2) is 48.5 Å². The van der Waals surface area contributed by atoms with Crippen LogP contribution in [-0.2, 0) is 11.2 Å². The van der Waals surface area contributed by atoms with Crippen molar-refractivity contribution in [3.63, 3.8) is 0 Å². The van der Waals surface area contributed by atoms with E-state index in [-0.39, 0.29) is 18.3 Å². The van der Waals surface area contributed by atoms with E-state index in [0.29, 0.717) is 12.8 Å². The molecule has 1 fully saturated rings. The number of hydrogen-bond donors (Lipinski definition) is 2. The van der Waals surface area contributed by atoms with E-state index in [9.17, 15) is 4.79 Å². The van der Waals surface area contributed by atoms with Gasteiger partial charge in [-0.3, -0.25) is 4.79 Å². The fraction of sp³-hybridized carbons (Fsp3) is 0.316. The van der Waals surface area contributed by atoms with Crippen LogP contribution in [0.2, 0.25) is 0 Å². The molecule has 0 unspecified atom stereocenters. The van der Waals surface area contributed by atoms with Gasteiger partial charge in [-0.1, -0.05) is 18.2 Å². The van der Waals surface area contributed by atoms with E-state index in [2.05, 4.69) is 5.32 Å². The molecule has 0 heterocycles. The molecule has 1 aliphatic carbocycles. The summed E-state index contributed by atoms with van der Waals surface area (Å²) < 4.78 is 5.68. The highest BCUT2D eigenvalue weighted by atomic mass is 35.5. The van der Waals surface area contributed by atoms with Gasteiger partial charge in [0, 0.05) is 17.8 Å². The molecule has 0 atom stereocenters. The number of nitrogen functional groups attached to an aromatic ring is 1. The molecule has 4 nitrogen and oxygen atoms in total. The molecule has 0 radical (unpaired) electrons. The number of carbonyl (C=O) groups excluding carboxylic acids is 1. The number of nitrogens with two attached hydrogens (primary N) is 1. The molecule has 24 heavy (non-hydrogen) atoms. The molecule has 0 spiro atoms. The highest BCUT2D eigenvalue weighted by Crippen LogP contribution is 2.29. The van der Waals surface area contributed by atoms with Crippen LogP contribution in [0, 0.1) is 5.92 Å². The molecule has 128 valence electrons. The maximum absolute atomic E-state index is 12.0. The van der Waals surface area contributed by atoms with Crippen LogP contribution >= 0.6 is 12.4 Å². The minimum atomic E-state index is -0.0140. The van der Waals surface area contributed by atoms with Gasteiger partial charge in [0.1, 0.15) is 5.75 Å². The summed E-state index contributed by atoms with van der Waals surface area (Å²) >= 11 is 0. The number of para-hydroxylation sites is 1. The van der Waals surface area contributed by atoms with E-state index >= 15 is 0 Å². The van der Waals surface area contributed by atoms with Crippen molar-refractivity contribution in [1.29, 1.82) is 0 Å². The first-order valence-corrected chi connectivity index (χ1v) is 8.07. The van der Waals surface area contributed by atoms with Crippen molar-refractivity contribution in [3.05, 3.63) is 54.1 Å². The second-order valence-electron chi connectivity index (χ2n) is 6.03. The van der Waals surface area contributed by atoms with Crippen molar-refractivity contribution < 1.29 is 9.53 Å². The molecule has 5 heteroatoms. The molecule has 3 rings (SSSR count). The second kappa shape index (κ2) is 8.60. The van der Waals surface area contributed by atoms with E-state index in [1.54, 1.807) is 0 Å². The van der Waals surface area contributed by atoms with Gasteiger partial charge in [-0.05, 0) is 61.1 Å². The van der Waals surface area contributed by atoms with Gasteiger partial charge in [-0.25, -0.2) is 0 Å². The van der Waals surface area contributed by atoms with Crippen LogP contribution in [0.25, 0.3) is 0 Å². The smallest absolute Gasteiger partial charge is 0.224 e. The number of ether oxygens (including phenoxy) is 1. The topological polar surface area (TPSA) is 64.4 Å². The number of nitrogens with one attached hydrogen (secondary N) is 1. The maximum atomic E-state index is 12.0. The molecule has 0 aromatic heterocycles. The molecule has 2 aromatic carbocycles. The summed E-state index contributed by atoms with van der Waals surface area (Å²) in [6, 6.07) is 15.2. The second-order valence-corrected chi connectivity index (χ2v) is 6.03. The zero-order chi connectivity index (χ0) is 16.1. The van der Waals surface area contributed by atoms with Gasteiger partial charge < -0.3 is 15.8 Å². The molecule has 0 bridgehead atoms. The van der Waals surface area contributed by atoms with E-state index in [1.807, 2.05) is 48.5 Å². The lowest BCUT2D eigenvalue weighted by Gasteiger charge is -2.09. The Hall–Kier alpha value is -2.20. The van der Waals surface area contributed by atoms with Crippen LogP contribution in [0.4, 0.5) is 11.4 Å². The first kappa shape index (κ1) is 18.1. The number of halogens is 1. The molecule has 0 saturated heterocycles. The fourth-order valence-corrected chi connectivity index (χ4v) is 2.37. The van der Waals surface area contributed by atoms with E-state index in [0.717, 1.165) is 35.2 Å². The lowest BCUT2D eigenvalue weighted by atomic mass is 10.1. The van der Waals surface area contributed by atoms with Gasteiger partial charge in [-0.15, -0.1) is 12.4 Å². The minimum Gasteiger partial charge on any atom is -0.493 e. The Morgan fingerprint density at radius 1 is 1.12 bits per heavy atom. The average Bonchev–Trinajstić information content (AvgIpc) is 3.38. The summed E-state index contributed by atoms with van der Waals surface area (Å²) in [6.07, 6.45) is 3.61. The summed E-state index contributed by atoms with van der Waals surface area (Å²) in [4.78, 5) is 12.0. The van der Waals surface area contributed by atoms with Gasteiger partial charge in [0.15, 0.2) is 0 Å². The molecule has 1 amide bonds. The molecule has 1 aliphatic rings. The highest BCUT2D eigenvalue weighted by molar-refractivity contribution is 5.90. The van der Waals surface area contributed by atoms with Crippen molar-refractivity contribution in [1.82, 2.24) is 0 Å². The molecule has 1 saturated carbocycles. The zero-order valence-electron chi connectivity index (χ0n) is 13.5. The number of benzene rings is 2. The van der Waals surface area contributed by atoms with Crippen LogP contribution in [-0.4, -0.2) is 12.5 Å². The Balaban J connectivity index is 0.00000208. The molecule has 2 aromatic rings. The standard InChI is InChI=1S/C19H22N2O2.ClH/c20-18-4-2-1-3-15(18)7-12-19(22)21-16-8-10-17(11-9-16)23-13-14-5-6-14;/h1-4,8-11,14H,5-7,12-13,20H2,(H,21,22);1H. The largest absolute Gasteiger partial charge is 0.493 e. The van der Waals surface area contributed by atoms with Gasteiger partial charge in [0.05, 0.1) is 6.61 Å². The SMILES string of the molecule is Cl.Nc1ccccc1CCC(=O)Nc1ccc(OCC2CC2)cc1. The zero-order valence-corrected chi connectivity index (χ0v) is 14.4. The predicted octanol–water partition coefficient (Wildman–Crippen LogP) is 4.05. The van der Waals surface area contributed by atoms with Crippen LogP contribution in [0.3, 0.4) is 0 Å². The van der Waals surface area contributed by atoms with Gasteiger partial charge >= 0.3 is 0 Å². The number of carbonyl (C=O) groups is 1. The summed E-state index contributed by atoms with van der Waals surface area (Å²) in [7, 11) is 0. The minimum absolute atomic E-state index is 0. The summed E-state index contributed by atoms with van der Waals surface area (Å²) in [5.41, 5.74) is 8.41. The van der Waals surface area contributed by atoms with Crippen LogP contribution in [0.1, 0.15) is 24.8 Å². The maximum Gasteiger partial charge on any atom is 0.224 e. The lowest BCUT2D eigenvalue weighted by molar-refractivity contribution is -0.116. The van der Waals surface area contributed by atoms with E-state index in [4.69, 9.17) is 10.5 Å². The summed E-state index contributed by atoms with van der Waals surface area (Å²) in [5.74, 6) is 1.58. The Morgan fingerprint density at radius 2 is 1.83 bits per heavy atom. The Bertz CT molecular complexity index is 669. The van der Waals surface area contributed by atoms with Crippen molar-refractivity contribution in [2.75, 3.05) is 17.7 Å². The van der Waals surface area contributed by atoms with Crippen LogP contribution < -0.4 is 15.8 Å². The molecule has 0 aliphatic heterocycles. The van der Waals surface area contributed by atoms with Crippen molar-refractivity contribution in [3.8, 4) is 5.75 Å². The van der Waals surface area contributed by atoms with Gasteiger partial charge in [0.25, 0.3) is 0 Å². The third kappa shape index (κ3) is 5.46. The first-order chi connectivity index (χ1) is 11.2. The monoisotopic (exact) mass is 346 g/mol. The molecular weight excluding hydrogens is 324 g/mol. The first-order valence-electron chi connectivity index (χ1n) is 8.07. The highest BCUT2D eigenvalue weighted by Gasteiger charge is 2.21. The third-order valence-electron chi connectivity index (χ3n) is 4.00. The quantitative estimate of drug-likeness (QED) is 0.743. The van der Waals surface area contributed by atoms with E-state index < -0.39 is 0 Å². The normalized spacial score (nSPS) is 13.0. The Morgan fingerprint density at radius 3 is 2.50 bits per heavy atom. The van der Waals surface area contributed by atoms with E-state index in [1.165, 1.54) is 12.8 Å². The fourth-order valence-electron chi connectivity index (χ4n) is 2.37. The van der Waals surface area contributed by atoms with Crippen LogP contribution in [0.5, 0.6) is 5.75 Å². The van der Waals surface area contributed by atoms with Crippen molar-refractivity contribution in [2.24, 2.45) is 5.92 Å². The number of rotatable bonds is 7. The lowest BCUT2D eigenvalue weighted by Crippen LogP contribution is -2.12. The van der Waals surface area contributed by atoms with Crippen molar-refractivity contribution in [2.45, 2.75) is 25.7 Å². The number of amides is 1. The Labute approximate surface area is 148 Å². The van der Waals surface area contributed by atoms with Gasteiger partial charge in [-0.2, -0.15) is 0 Å². The summed E-state index contributed by atoms with van der Waals surface area (Å²) in [6.45, 7) is 0.796. The van der Waals surface area contributed by atoms with Gasteiger partial charge in [0.2, 0.25) is 5.91 Å².